The largest absolute Gasteiger partial charge is 0.332 e. The first kappa shape index (κ1) is 10.8. The highest BCUT2D eigenvalue weighted by Crippen LogP contribution is 2.21. The Labute approximate surface area is 97.5 Å². The van der Waals surface area contributed by atoms with Gasteiger partial charge in [-0.25, -0.2) is 0 Å². The number of carbonyl (C=O) groups excluding carboxylic acids is 1. The van der Waals surface area contributed by atoms with Crippen LogP contribution >= 0.6 is 11.6 Å². The van der Waals surface area contributed by atoms with Crippen molar-refractivity contribution >= 4 is 17.6 Å². The predicted octanol–water partition coefficient (Wildman–Crippen LogP) is 4.12. The van der Waals surface area contributed by atoms with Crippen LogP contribution in [-0.4, -0.2) is 6.04 Å². The van der Waals surface area contributed by atoms with Gasteiger partial charge in [0.25, 0.3) is 0 Å². The average Bonchev–Trinajstić information content (AvgIpc) is 2.30. The molecule has 0 aliphatic carbocycles. The zero-order valence-corrected chi connectivity index (χ0v) is 9.04. The smallest absolute Gasteiger partial charge is 0.255 e. The van der Waals surface area contributed by atoms with Crippen LogP contribution in [-0.2, 0) is 0 Å². The Balaban J connectivity index is 2.34. The van der Waals surface area contributed by atoms with E-state index in [4.69, 9.17) is 11.6 Å². The summed E-state index contributed by atoms with van der Waals surface area (Å²) < 4.78 is 12.4. The van der Waals surface area contributed by atoms with Crippen molar-refractivity contribution in [3.63, 3.8) is 0 Å². The van der Waals surface area contributed by atoms with Crippen molar-refractivity contribution in [2.75, 3.05) is 0 Å². The van der Waals surface area contributed by atoms with Gasteiger partial charge in [-0.2, -0.15) is 4.39 Å². The summed E-state index contributed by atoms with van der Waals surface area (Å²) >= 11 is 5.77. The molecule has 16 heavy (non-hydrogen) atoms. The summed E-state index contributed by atoms with van der Waals surface area (Å²) in [5, 5.41) is 0.666. The molecule has 2 rings (SSSR count). The number of halogens is 2. The van der Waals surface area contributed by atoms with E-state index < -0.39 is 6.04 Å². The van der Waals surface area contributed by atoms with Crippen LogP contribution in [0.4, 0.5) is 4.39 Å². The molecule has 0 radical (unpaired) electrons. The standard InChI is InChI=1S/C13H8ClFO/c14-12-7-5-10(6-8-12)9-1-3-11(4-2-9)13(15)16/h1-8H. The number of benzene rings is 2. The lowest BCUT2D eigenvalue weighted by Crippen LogP contribution is -1.88. The summed E-state index contributed by atoms with van der Waals surface area (Å²) in [7, 11) is 0. The lowest BCUT2D eigenvalue weighted by atomic mass is 10.0. The minimum Gasteiger partial charge on any atom is -0.255 e. The summed E-state index contributed by atoms with van der Waals surface area (Å²) in [5.41, 5.74) is 1.96. The number of carbonyl (C=O) groups is 1. The zero-order chi connectivity index (χ0) is 11.5. The molecule has 0 aliphatic rings. The molecule has 2 aromatic rings. The van der Waals surface area contributed by atoms with Crippen LogP contribution in [0.2, 0.25) is 5.02 Å². The third-order valence-electron chi connectivity index (χ3n) is 2.29. The lowest BCUT2D eigenvalue weighted by Gasteiger charge is -2.01. The fourth-order valence-electron chi connectivity index (χ4n) is 1.44. The average molecular weight is 235 g/mol. The van der Waals surface area contributed by atoms with E-state index in [0.717, 1.165) is 11.1 Å². The highest BCUT2D eigenvalue weighted by molar-refractivity contribution is 6.30. The van der Waals surface area contributed by atoms with Crippen LogP contribution in [0.15, 0.2) is 48.5 Å². The van der Waals surface area contributed by atoms with Gasteiger partial charge in [0.15, 0.2) is 0 Å². The predicted molar refractivity (Wildman–Crippen MR) is 62.3 cm³/mol. The normalized spacial score (nSPS) is 10.1. The summed E-state index contributed by atoms with van der Waals surface area (Å²) in [6.07, 6.45) is 0. The molecule has 0 aromatic heterocycles. The van der Waals surface area contributed by atoms with Gasteiger partial charge in [0, 0.05) is 5.02 Å². The molecule has 0 N–H and O–H groups in total. The van der Waals surface area contributed by atoms with E-state index in [1.165, 1.54) is 12.1 Å². The van der Waals surface area contributed by atoms with E-state index in [-0.39, 0.29) is 5.56 Å². The van der Waals surface area contributed by atoms with Gasteiger partial charge < -0.3 is 0 Å². The maximum absolute atomic E-state index is 12.4. The maximum Gasteiger partial charge on any atom is 0.332 e. The lowest BCUT2D eigenvalue weighted by molar-refractivity contribution is 0.0836. The Morgan fingerprint density at radius 2 is 1.31 bits per heavy atom. The number of hydrogen-bond acceptors (Lipinski definition) is 1. The van der Waals surface area contributed by atoms with Crippen molar-refractivity contribution < 1.29 is 9.18 Å². The van der Waals surface area contributed by atoms with E-state index in [0.29, 0.717) is 5.02 Å². The molecule has 0 saturated carbocycles. The number of hydrogen-bond donors (Lipinski definition) is 0. The molecule has 0 unspecified atom stereocenters. The third kappa shape index (κ3) is 2.28. The third-order valence-corrected chi connectivity index (χ3v) is 2.54. The van der Waals surface area contributed by atoms with Gasteiger partial charge >= 0.3 is 6.04 Å². The molecule has 0 atom stereocenters. The van der Waals surface area contributed by atoms with Crippen LogP contribution < -0.4 is 0 Å². The van der Waals surface area contributed by atoms with Gasteiger partial charge in [-0.1, -0.05) is 35.9 Å². The Morgan fingerprint density at radius 3 is 1.75 bits per heavy atom. The number of rotatable bonds is 2. The van der Waals surface area contributed by atoms with Crippen LogP contribution in [0.1, 0.15) is 10.4 Å². The molecular formula is C13H8ClFO. The monoisotopic (exact) mass is 234 g/mol. The summed E-state index contributed by atoms with van der Waals surface area (Å²) in [6.45, 7) is 0. The molecule has 0 aliphatic heterocycles. The molecule has 0 saturated heterocycles. The highest BCUT2D eigenvalue weighted by Gasteiger charge is 2.03. The second kappa shape index (κ2) is 4.45. The second-order valence-electron chi connectivity index (χ2n) is 3.36. The molecule has 2 aromatic carbocycles. The van der Waals surface area contributed by atoms with Gasteiger partial charge in [0.2, 0.25) is 0 Å². The Hall–Kier alpha value is -1.67. The molecule has 3 heteroatoms. The Morgan fingerprint density at radius 1 is 0.875 bits per heavy atom. The topological polar surface area (TPSA) is 17.1 Å². The quantitative estimate of drug-likeness (QED) is 0.715. The van der Waals surface area contributed by atoms with Gasteiger partial charge in [-0.3, -0.25) is 4.79 Å². The fraction of sp³-hybridized carbons (Fsp3) is 0. The van der Waals surface area contributed by atoms with Crippen molar-refractivity contribution in [1.29, 1.82) is 0 Å². The fourth-order valence-corrected chi connectivity index (χ4v) is 1.56. The van der Waals surface area contributed by atoms with Crippen molar-refractivity contribution in [2.24, 2.45) is 0 Å². The molecule has 0 fully saturated rings. The van der Waals surface area contributed by atoms with E-state index in [9.17, 15) is 9.18 Å². The van der Waals surface area contributed by atoms with Crippen molar-refractivity contribution in [3.05, 3.63) is 59.1 Å². The first-order chi connectivity index (χ1) is 7.66. The minimum atomic E-state index is -1.41. The minimum absolute atomic E-state index is 0.0673. The molecule has 0 spiro atoms. The van der Waals surface area contributed by atoms with Crippen molar-refractivity contribution in [2.45, 2.75) is 0 Å². The molecule has 1 nitrogen and oxygen atoms in total. The Kier molecular flexibility index (Phi) is 3.02. The van der Waals surface area contributed by atoms with E-state index >= 15 is 0 Å². The summed E-state index contributed by atoms with van der Waals surface area (Å²) in [4.78, 5) is 10.5. The van der Waals surface area contributed by atoms with E-state index in [1.54, 1.807) is 24.3 Å². The first-order valence-electron chi connectivity index (χ1n) is 4.72. The maximum atomic E-state index is 12.4. The SMILES string of the molecule is O=C(F)c1ccc(-c2ccc(Cl)cc2)cc1. The van der Waals surface area contributed by atoms with Crippen LogP contribution in [0.5, 0.6) is 0 Å². The van der Waals surface area contributed by atoms with E-state index in [1.807, 2.05) is 12.1 Å². The van der Waals surface area contributed by atoms with Crippen molar-refractivity contribution in [1.82, 2.24) is 0 Å². The van der Waals surface area contributed by atoms with Gasteiger partial charge in [0.1, 0.15) is 0 Å². The van der Waals surface area contributed by atoms with Crippen molar-refractivity contribution in [3.8, 4) is 11.1 Å². The zero-order valence-electron chi connectivity index (χ0n) is 8.28. The molecule has 0 bridgehead atoms. The summed E-state index contributed by atoms with van der Waals surface area (Å²) in [6, 6.07) is 12.2. The van der Waals surface area contributed by atoms with Gasteiger partial charge in [-0.05, 0) is 35.4 Å². The van der Waals surface area contributed by atoms with E-state index in [2.05, 4.69) is 0 Å². The van der Waals surface area contributed by atoms with Crippen LogP contribution in [0.25, 0.3) is 11.1 Å². The van der Waals surface area contributed by atoms with Gasteiger partial charge in [-0.15, -0.1) is 0 Å². The Bertz CT molecular complexity index is 502. The highest BCUT2D eigenvalue weighted by atomic mass is 35.5. The molecule has 0 heterocycles. The molecular weight excluding hydrogens is 227 g/mol. The van der Waals surface area contributed by atoms with Crippen LogP contribution in [0, 0.1) is 0 Å². The van der Waals surface area contributed by atoms with Gasteiger partial charge in [0.05, 0.1) is 5.56 Å². The first-order valence-corrected chi connectivity index (χ1v) is 5.10. The second-order valence-corrected chi connectivity index (χ2v) is 3.79. The summed E-state index contributed by atoms with van der Waals surface area (Å²) in [5.74, 6) is 0. The molecule has 80 valence electrons. The van der Waals surface area contributed by atoms with Crippen LogP contribution in [0.3, 0.4) is 0 Å². The molecule has 0 amide bonds.